The van der Waals surface area contributed by atoms with Crippen LogP contribution in [-0.4, -0.2) is 35.1 Å². The number of nitrogens with zero attached hydrogens (tertiary/aromatic N) is 3. The minimum Gasteiger partial charge on any atom is -0.508 e. The number of phenolic OH excluding ortho intramolecular Hbond substituents is 1. The van der Waals surface area contributed by atoms with Gasteiger partial charge in [-0.15, -0.1) is 0 Å². The molecule has 5 rings (SSSR count). The first kappa shape index (κ1) is 17.6. The molecule has 0 atom stereocenters. The molecule has 1 aromatic heterocycles. The molecule has 2 aromatic carbocycles. The summed E-state index contributed by atoms with van der Waals surface area (Å²) in [4.78, 5) is 21.8. The number of phenols is 1. The zero-order valence-electron chi connectivity index (χ0n) is 15.9. The maximum atomic E-state index is 13.5. The zero-order chi connectivity index (χ0) is 19.8. The van der Waals surface area contributed by atoms with Gasteiger partial charge in [0, 0.05) is 31.5 Å². The van der Waals surface area contributed by atoms with E-state index in [4.69, 9.17) is 4.74 Å². The minimum absolute atomic E-state index is 0.130. The summed E-state index contributed by atoms with van der Waals surface area (Å²) >= 11 is 0. The number of benzene rings is 2. The number of carbonyl (C=O) groups is 1. The summed E-state index contributed by atoms with van der Waals surface area (Å²) in [5.74, 6) is 1.02. The Morgan fingerprint density at radius 1 is 1.00 bits per heavy atom. The van der Waals surface area contributed by atoms with Crippen LogP contribution in [-0.2, 0) is 0 Å². The molecule has 29 heavy (non-hydrogen) atoms. The fraction of sp³-hybridized carbons (Fsp3) is 0.217. The number of amides is 1. The Balaban J connectivity index is 1.46. The van der Waals surface area contributed by atoms with Gasteiger partial charge >= 0.3 is 0 Å². The van der Waals surface area contributed by atoms with Crippen LogP contribution in [0.3, 0.4) is 0 Å². The average Bonchev–Trinajstić information content (AvgIpc) is 3.60. The number of aromatic hydroxyl groups is 1. The van der Waals surface area contributed by atoms with Crippen molar-refractivity contribution in [2.24, 2.45) is 0 Å². The standard InChI is InChI=1S/C23H21N3O3/c27-17-7-9-18(10-8-17)29-22-11-12-24-15-19(22)23(28)26-14-13-25(16-5-6-16)20-3-1-2-4-21(20)26/h1-4,7-12,15-16,27H,5-6,13-14H2. The molecular weight excluding hydrogens is 366 g/mol. The third-order valence-corrected chi connectivity index (χ3v) is 5.36. The molecule has 1 amide bonds. The van der Waals surface area contributed by atoms with Crippen molar-refractivity contribution in [3.8, 4) is 17.2 Å². The van der Waals surface area contributed by atoms with Crippen LogP contribution in [0, 0.1) is 0 Å². The summed E-state index contributed by atoms with van der Waals surface area (Å²) in [6.07, 6.45) is 5.59. The Hall–Kier alpha value is -3.54. The largest absolute Gasteiger partial charge is 0.508 e. The molecule has 1 aliphatic carbocycles. The molecule has 6 heteroatoms. The SMILES string of the molecule is O=C(c1cnccc1Oc1ccc(O)cc1)N1CCN(C2CC2)c2ccccc21. The first-order chi connectivity index (χ1) is 14.2. The Labute approximate surface area is 169 Å². The number of hydrogen-bond acceptors (Lipinski definition) is 5. The van der Waals surface area contributed by atoms with Crippen molar-refractivity contribution in [1.82, 2.24) is 4.98 Å². The van der Waals surface area contributed by atoms with Crippen molar-refractivity contribution in [1.29, 1.82) is 0 Å². The molecule has 6 nitrogen and oxygen atoms in total. The smallest absolute Gasteiger partial charge is 0.263 e. The molecule has 1 saturated carbocycles. The van der Waals surface area contributed by atoms with Gasteiger partial charge < -0.3 is 19.6 Å². The van der Waals surface area contributed by atoms with Crippen LogP contribution in [0.25, 0.3) is 0 Å². The van der Waals surface area contributed by atoms with E-state index in [-0.39, 0.29) is 11.7 Å². The molecule has 1 fully saturated rings. The molecule has 2 heterocycles. The molecule has 0 spiro atoms. The molecule has 1 N–H and O–H groups in total. The molecule has 1 aliphatic heterocycles. The fourth-order valence-corrected chi connectivity index (χ4v) is 3.78. The number of carbonyl (C=O) groups excluding carboxylic acids is 1. The monoisotopic (exact) mass is 387 g/mol. The third kappa shape index (κ3) is 3.38. The van der Waals surface area contributed by atoms with Gasteiger partial charge in [0.1, 0.15) is 22.8 Å². The van der Waals surface area contributed by atoms with Crippen molar-refractivity contribution in [2.45, 2.75) is 18.9 Å². The van der Waals surface area contributed by atoms with Crippen LogP contribution in [0.4, 0.5) is 11.4 Å². The van der Waals surface area contributed by atoms with Crippen molar-refractivity contribution in [3.05, 3.63) is 72.6 Å². The lowest BCUT2D eigenvalue weighted by Crippen LogP contribution is -2.45. The summed E-state index contributed by atoms with van der Waals surface area (Å²) in [7, 11) is 0. The molecule has 0 bridgehead atoms. The van der Waals surface area contributed by atoms with E-state index in [0.29, 0.717) is 29.6 Å². The molecule has 3 aromatic rings. The van der Waals surface area contributed by atoms with Crippen LogP contribution < -0.4 is 14.5 Å². The lowest BCUT2D eigenvalue weighted by atomic mass is 10.1. The Kier molecular flexibility index (Phi) is 4.31. The summed E-state index contributed by atoms with van der Waals surface area (Å²) in [5.41, 5.74) is 2.45. The number of aromatic nitrogens is 1. The van der Waals surface area contributed by atoms with Gasteiger partial charge in [-0.2, -0.15) is 0 Å². The highest BCUT2D eigenvalue weighted by atomic mass is 16.5. The summed E-state index contributed by atoms with van der Waals surface area (Å²) in [5, 5.41) is 9.46. The normalized spacial score (nSPS) is 15.7. The highest BCUT2D eigenvalue weighted by Crippen LogP contribution is 2.40. The number of para-hydroxylation sites is 2. The second-order valence-electron chi connectivity index (χ2n) is 7.34. The fourth-order valence-electron chi connectivity index (χ4n) is 3.78. The van der Waals surface area contributed by atoms with Gasteiger partial charge in [0.15, 0.2) is 0 Å². The van der Waals surface area contributed by atoms with Crippen molar-refractivity contribution >= 4 is 17.3 Å². The van der Waals surface area contributed by atoms with Gasteiger partial charge in [0.05, 0.1) is 11.4 Å². The number of anilines is 2. The number of hydrogen-bond donors (Lipinski definition) is 1. The second kappa shape index (κ2) is 7.13. The molecule has 0 unspecified atom stereocenters. The van der Waals surface area contributed by atoms with Gasteiger partial charge in [-0.05, 0) is 55.3 Å². The predicted molar refractivity (Wildman–Crippen MR) is 111 cm³/mol. The van der Waals surface area contributed by atoms with E-state index in [1.54, 1.807) is 42.7 Å². The summed E-state index contributed by atoms with van der Waals surface area (Å²) in [6, 6.07) is 16.8. The maximum Gasteiger partial charge on any atom is 0.263 e. The Morgan fingerprint density at radius 2 is 1.76 bits per heavy atom. The van der Waals surface area contributed by atoms with Gasteiger partial charge in [-0.25, -0.2) is 0 Å². The van der Waals surface area contributed by atoms with E-state index in [9.17, 15) is 9.90 Å². The molecule has 0 saturated heterocycles. The van der Waals surface area contributed by atoms with Crippen molar-refractivity contribution in [2.75, 3.05) is 22.9 Å². The van der Waals surface area contributed by atoms with Gasteiger partial charge in [0.2, 0.25) is 0 Å². The van der Waals surface area contributed by atoms with Crippen LogP contribution in [0.5, 0.6) is 17.2 Å². The van der Waals surface area contributed by atoms with Crippen LogP contribution in [0.2, 0.25) is 0 Å². The van der Waals surface area contributed by atoms with E-state index in [0.717, 1.165) is 17.9 Å². The van der Waals surface area contributed by atoms with E-state index in [1.807, 2.05) is 23.1 Å². The number of ether oxygens (including phenoxy) is 1. The van der Waals surface area contributed by atoms with E-state index in [2.05, 4.69) is 16.0 Å². The van der Waals surface area contributed by atoms with Crippen molar-refractivity contribution < 1.29 is 14.6 Å². The van der Waals surface area contributed by atoms with Crippen LogP contribution in [0.1, 0.15) is 23.2 Å². The molecular formula is C23H21N3O3. The van der Waals surface area contributed by atoms with Gasteiger partial charge in [-0.1, -0.05) is 12.1 Å². The number of rotatable bonds is 4. The maximum absolute atomic E-state index is 13.5. The average molecular weight is 387 g/mol. The zero-order valence-corrected chi connectivity index (χ0v) is 15.9. The quantitative estimate of drug-likeness (QED) is 0.726. The number of pyridine rings is 1. The highest BCUT2D eigenvalue weighted by molar-refractivity contribution is 6.09. The molecule has 146 valence electrons. The first-order valence-corrected chi connectivity index (χ1v) is 9.79. The van der Waals surface area contributed by atoms with Crippen LogP contribution in [0.15, 0.2) is 67.0 Å². The van der Waals surface area contributed by atoms with Crippen LogP contribution >= 0.6 is 0 Å². The topological polar surface area (TPSA) is 65.9 Å². The molecule has 0 radical (unpaired) electrons. The van der Waals surface area contributed by atoms with E-state index < -0.39 is 0 Å². The second-order valence-corrected chi connectivity index (χ2v) is 7.34. The summed E-state index contributed by atoms with van der Waals surface area (Å²) < 4.78 is 5.92. The van der Waals surface area contributed by atoms with Gasteiger partial charge in [-0.3, -0.25) is 9.78 Å². The van der Waals surface area contributed by atoms with Gasteiger partial charge in [0.25, 0.3) is 5.91 Å². The number of fused-ring (bicyclic) bond motifs is 1. The lowest BCUT2D eigenvalue weighted by molar-refractivity contribution is 0.0984. The Morgan fingerprint density at radius 3 is 2.52 bits per heavy atom. The minimum atomic E-state index is -0.130. The van der Waals surface area contributed by atoms with E-state index >= 15 is 0 Å². The lowest BCUT2D eigenvalue weighted by Gasteiger charge is -2.38. The summed E-state index contributed by atoms with van der Waals surface area (Å²) in [6.45, 7) is 1.45. The van der Waals surface area contributed by atoms with Crippen molar-refractivity contribution in [3.63, 3.8) is 0 Å². The van der Waals surface area contributed by atoms with E-state index in [1.165, 1.54) is 12.8 Å². The highest BCUT2D eigenvalue weighted by Gasteiger charge is 2.36. The first-order valence-electron chi connectivity index (χ1n) is 9.79. The Bertz CT molecular complexity index is 1050. The third-order valence-electron chi connectivity index (χ3n) is 5.36. The predicted octanol–water partition coefficient (Wildman–Crippen LogP) is 4.21. The molecule has 2 aliphatic rings.